The van der Waals surface area contributed by atoms with Gasteiger partial charge in [0.25, 0.3) is 5.91 Å². The fourth-order valence-electron chi connectivity index (χ4n) is 4.53. The summed E-state index contributed by atoms with van der Waals surface area (Å²) < 4.78 is 6.21. The van der Waals surface area contributed by atoms with Crippen LogP contribution in [0.3, 0.4) is 0 Å². The van der Waals surface area contributed by atoms with E-state index < -0.39 is 0 Å². The molecular formula is C24H29N3O3. The summed E-state index contributed by atoms with van der Waals surface area (Å²) in [6.07, 6.45) is 7.48. The minimum absolute atomic E-state index is 0.0213. The van der Waals surface area contributed by atoms with E-state index in [9.17, 15) is 9.59 Å². The molecule has 2 aliphatic rings. The standard InChI is InChI=1S/C24H29N3O3/c28-22(15-19-5-4-11-25-17-19)27-12-9-24(10-13-27)16-20(8-14-30-24)18-26-23(29)21-6-2-1-3-7-21/h1-7,11,17,20H,8-10,12-16,18H2,(H,26,29). The first-order chi connectivity index (χ1) is 14.6. The van der Waals surface area contributed by atoms with Crippen LogP contribution in [0.1, 0.15) is 41.6 Å². The number of likely N-dealkylation sites (tertiary alicyclic amines) is 1. The van der Waals surface area contributed by atoms with Gasteiger partial charge < -0.3 is 15.0 Å². The molecule has 2 amide bonds. The first kappa shape index (κ1) is 20.5. The number of nitrogens with one attached hydrogen (secondary N) is 1. The van der Waals surface area contributed by atoms with Gasteiger partial charge in [0.1, 0.15) is 0 Å². The highest BCUT2D eigenvalue weighted by molar-refractivity contribution is 5.94. The summed E-state index contributed by atoms with van der Waals surface area (Å²) in [5, 5.41) is 3.08. The lowest BCUT2D eigenvalue weighted by atomic mass is 9.79. The second-order valence-electron chi connectivity index (χ2n) is 8.39. The predicted molar refractivity (Wildman–Crippen MR) is 114 cm³/mol. The largest absolute Gasteiger partial charge is 0.375 e. The van der Waals surface area contributed by atoms with Gasteiger partial charge in [-0.05, 0) is 55.4 Å². The van der Waals surface area contributed by atoms with E-state index in [1.807, 2.05) is 47.4 Å². The van der Waals surface area contributed by atoms with E-state index in [0.29, 0.717) is 24.4 Å². The van der Waals surface area contributed by atoms with Crippen LogP contribution in [0.4, 0.5) is 0 Å². The molecule has 3 heterocycles. The highest BCUT2D eigenvalue weighted by Crippen LogP contribution is 2.37. The van der Waals surface area contributed by atoms with Gasteiger partial charge in [-0.3, -0.25) is 14.6 Å². The molecule has 1 spiro atoms. The zero-order chi connectivity index (χ0) is 20.8. The summed E-state index contributed by atoms with van der Waals surface area (Å²) in [5.41, 5.74) is 1.48. The zero-order valence-electron chi connectivity index (χ0n) is 17.3. The summed E-state index contributed by atoms with van der Waals surface area (Å²) in [5.74, 6) is 0.538. The monoisotopic (exact) mass is 407 g/mol. The Bertz CT molecular complexity index is 849. The Morgan fingerprint density at radius 2 is 1.93 bits per heavy atom. The van der Waals surface area contributed by atoms with Crippen molar-refractivity contribution in [3.8, 4) is 0 Å². The van der Waals surface area contributed by atoms with Crippen LogP contribution in [0, 0.1) is 5.92 Å². The Morgan fingerprint density at radius 3 is 2.67 bits per heavy atom. The average molecular weight is 408 g/mol. The van der Waals surface area contributed by atoms with Crippen molar-refractivity contribution in [2.45, 2.75) is 37.7 Å². The van der Waals surface area contributed by atoms with Crippen LogP contribution < -0.4 is 5.32 Å². The van der Waals surface area contributed by atoms with E-state index in [-0.39, 0.29) is 17.4 Å². The Labute approximate surface area is 177 Å². The number of piperidine rings is 1. The van der Waals surface area contributed by atoms with Crippen LogP contribution in [-0.2, 0) is 16.0 Å². The number of nitrogens with zero attached hydrogens (tertiary/aromatic N) is 2. The van der Waals surface area contributed by atoms with Gasteiger partial charge in [0.2, 0.25) is 5.91 Å². The molecule has 6 nitrogen and oxygen atoms in total. The second kappa shape index (κ2) is 9.39. The van der Waals surface area contributed by atoms with Crippen molar-refractivity contribution in [3.63, 3.8) is 0 Å². The van der Waals surface area contributed by atoms with Crippen LogP contribution >= 0.6 is 0 Å². The summed E-state index contributed by atoms with van der Waals surface area (Å²) in [7, 11) is 0. The molecule has 0 bridgehead atoms. The Balaban J connectivity index is 1.26. The summed E-state index contributed by atoms with van der Waals surface area (Å²) in [6, 6.07) is 13.1. The van der Waals surface area contributed by atoms with Gasteiger partial charge in [-0.1, -0.05) is 24.3 Å². The molecule has 6 heteroatoms. The SMILES string of the molecule is O=C(NCC1CCOC2(CCN(C(=O)Cc3cccnc3)CC2)C1)c1ccccc1. The molecule has 2 aromatic rings. The van der Waals surface area contributed by atoms with Crippen LogP contribution in [-0.4, -0.2) is 53.5 Å². The first-order valence-corrected chi connectivity index (χ1v) is 10.8. The first-order valence-electron chi connectivity index (χ1n) is 10.8. The van der Waals surface area contributed by atoms with E-state index >= 15 is 0 Å². The number of ether oxygens (including phenoxy) is 1. The zero-order valence-corrected chi connectivity index (χ0v) is 17.3. The fourth-order valence-corrected chi connectivity index (χ4v) is 4.53. The number of hydrogen-bond donors (Lipinski definition) is 1. The molecule has 1 aromatic heterocycles. The summed E-state index contributed by atoms with van der Waals surface area (Å²) in [4.78, 5) is 31.0. The van der Waals surface area contributed by atoms with Crippen molar-refractivity contribution in [1.82, 2.24) is 15.2 Å². The van der Waals surface area contributed by atoms with Crippen LogP contribution in [0.15, 0.2) is 54.9 Å². The molecule has 2 fully saturated rings. The van der Waals surface area contributed by atoms with Gasteiger partial charge in [0.15, 0.2) is 0 Å². The van der Waals surface area contributed by atoms with E-state index in [1.165, 1.54) is 0 Å². The predicted octanol–water partition coefficient (Wildman–Crippen LogP) is 2.84. The number of rotatable bonds is 5. The molecule has 0 saturated carbocycles. The lowest BCUT2D eigenvalue weighted by molar-refractivity contribution is -0.146. The fraction of sp³-hybridized carbons (Fsp3) is 0.458. The maximum absolute atomic E-state index is 12.6. The number of pyridine rings is 1. The van der Waals surface area contributed by atoms with E-state index in [0.717, 1.165) is 50.9 Å². The number of aromatic nitrogens is 1. The van der Waals surface area contributed by atoms with Crippen LogP contribution in [0.2, 0.25) is 0 Å². The van der Waals surface area contributed by atoms with Crippen molar-refractivity contribution in [2.75, 3.05) is 26.2 Å². The summed E-state index contributed by atoms with van der Waals surface area (Å²) >= 11 is 0. The van der Waals surface area contributed by atoms with Crippen molar-refractivity contribution < 1.29 is 14.3 Å². The Morgan fingerprint density at radius 1 is 1.13 bits per heavy atom. The average Bonchev–Trinajstić information content (AvgIpc) is 2.79. The Hall–Kier alpha value is -2.73. The second-order valence-corrected chi connectivity index (χ2v) is 8.39. The molecule has 2 aliphatic heterocycles. The van der Waals surface area contributed by atoms with Crippen LogP contribution in [0.5, 0.6) is 0 Å². The molecule has 158 valence electrons. The smallest absolute Gasteiger partial charge is 0.251 e. The molecule has 0 aliphatic carbocycles. The lowest BCUT2D eigenvalue weighted by Gasteiger charge is -2.46. The highest BCUT2D eigenvalue weighted by atomic mass is 16.5. The highest BCUT2D eigenvalue weighted by Gasteiger charge is 2.41. The van der Waals surface area contributed by atoms with E-state index in [4.69, 9.17) is 4.74 Å². The van der Waals surface area contributed by atoms with Crippen LogP contribution in [0.25, 0.3) is 0 Å². The minimum atomic E-state index is -0.161. The number of carbonyl (C=O) groups excluding carboxylic acids is 2. The van der Waals surface area contributed by atoms with Crippen molar-refractivity contribution in [1.29, 1.82) is 0 Å². The topological polar surface area (TPSA) is 71.5 Å². The molecule has 30 heavy (non-hydrogen) atoms. The molecule has 1 aromatic carbocycles. The third-order valence-electron chi connectivity index (χ3n) is 6.29. The molecular weight excluding hydrogens is 378 g/mol. The molecule has 0 radical (unpaired) electrons. The van der Waals surface area contributed by atoms with Gasteiger partial charge in [-0.25, -0.2) is 0 Å². The third kappa shape index (κ3) is 5.05. The van der Waals surface area contributed by atoms with E-state index in [1.54, 1.807) is 12.4 Å². The van der Waals surface area contributed by atoms with Gasteiger partial charge in [-0.2, -0.15) is 0 Å². The molecule has 1 N–H and O–H groups in total. The van der Waals surface area contributed by atoms with Gasteiger partial charge in [-0.15, -0.1) is 0 Å². The Kier molecular flexibility index (Phi) is 6.43. The number of hydrogen-bond acceptors (Lipinski definition) is 4. The molecule has 1 atom stereocenters. The molecule has 4 rings (SSSR count). The summed E-state index contributed by atoms with van der Waals surface area (Å²) in [6.45, 7) is 2.84. The van der Waals surface area contributed by atoms with E-state index in [2.05, 4.69) is 10.3 Å². The maximum atomic E-state index is 12.6. The molecule has 2 saturated heterocycles. The third-order valence-corrected chi connectivity index (χ3v) is 6.29. The minimum Gasteiger partial charge on any atom is -0.375 e. The normalized spacial score (nSPS) is 20.7. The van der Waals surface area contributed by atoms with Gasteiger partial charge in [0, 0.05) is 44.2 Å². The number of benzene rings is 1. The van der Waals surface area contributed by atoms with Gasteiger partial charge >= 0.3 is 0 Å². The quantitative estimate of drug-likeness (QED) is 0.827. The van der Waals surface area contributed by atoms with Gasteiger partial charge in [0.05, 0.1) is 12.0 Å². The number of amides is 2. The van der Waals surface area contributed by atoms with Crippen molar-refractivity contribution >= 4 is 11.8 Å². The van der Waals surface area contributed by atoms with Crippen molar-refractivity contribution in [3.05, 3.63) is 66.0 Å². The van der Waals surface area contributed by atoms with Crippen molar-refractivity contribution in [2.24, 2.45) is 5.92 Å². The lowest BCUT2D eigenvalue weighted by Crippen LogP contribution is -2.52. The number of carbonyl (C=O) groups is 2. The maximum Gasteiger partial charge on any atom is 0.251 e. The molecule has 1 unspecified atom stereocenters.